The van der Waals surface area contributed by atoms with E-state index < -0.39 is 11.4 Å². The monoisotopic (exact) mass is 298 g/mol. The van der Waals surface area contributed by atoms with Crippen molar-refractivity contribution in [2.75, 3.05) is 0 Å². The molecule has 4 heteroatoms. The van der Waals surface area contributed by atoms with E-state index in [1.165, 1.54) is 0 Å². The third kappa shape index (κ3) is 1.66. The van der Waals surface area contributed by atoms with Gasteiger partial charge in [0, 0.05) is 9.17 Å². The Morgan fingerprint density at radius 3 is 2.75 bits per heavy atom. The molecule has 0 aliphatic heterocycles. The third-order valence-electron chi connectivity index (χ3n) is 2.76. The van der Waals surface area contributed by atoms with Gasteiger partial charge >= 0.3 is 5.97 Å². The van der Waals surface area contributed by atoms with E-state index in [9.17, 15) is 9.90 Å². The number of aliphatic carboxylic acids is 1. The van der Waals surface area contributed by atoms with E-state index >= 15 is 0 Å². The first kappa shape index (κ1) is 11.6. The van der Waals surface area contributed by atoms with E-state index in [4.69, 9.17) is 0 Å². The lowest BCUT2D eigenvalue weighted by molar-refractivity contribution is -0.142. The standard InChI is InChI=1S/C12H11BrO2S/c1-12(2,11(14)15)8-6-16-10-7(8)4-3-5-9(10)13/h3-6H,1-2H3,(H,14,15). The van der Waals surface area contributed by atoms with Crippen LogP contribution in [-0.4, -0.2) is 11.1 Å². The molecule has 1 N–H and O–H groups in total. The van der Waals surface area contributed by atoms with Crippen LogP contribution in [0.15, 0.2) is 28.1 Å². The maximum atomic E-state index is 11.2. The van der Waals surface area contributed by atoms with Crippen LogP contribution < -0.4 is 0 Å². The second-order valence-electron chi connectivity index (χ2n) is 4.20. The highest BCUT2D eigenvalue weighted by Crippen LogP contribution is 2.38. The van der Waals surface area contributed by atoms with Crippen molar-refractivity contribution in [3.8, 4) is 0 Å². The van der Waals surface area contributed by atoms with Crippen molar-refractivity contribution >= 4 is 43.3 Å². The van der Waals surface area contributed by atoms with Gasteiger partial charge in [-0.3, -0.25) is 4.79 Å². The predicted octanol–water partition coefficient (Wildman–Crippen LogP) is 4.03. The second kappa shape index (κ2) is 3.86. The first-order chi connectivity index (χ1) is 7.44. The summed E-state index contributed by atoms with van der Waals surface area (Å²) in [5.74, 6) is -0.799. The number of halogens is 1. The smallest absolute Gasteiger partial charge is 0.313 e. The lowest BCUT2D eigenvalue weighted by atomic mass is 9.85. The van der Waals surface area contributed by atoms with Gasteiger partial charge in [-0.25, -0.2) is 0 Å². The Bertz CT molecular complexity index is 557. The summed E-state index contributed by atoms with van der Waals surface area (Å²) in [7, 11) is 0. The first-order valence-corrected chi connectivity index (χ1v) is 6.51. The van der Waals surface area contributed by atoms with E-state index in [2.05, 4.69) is 15.9 Å². The van der Waals surface area contributed by atoms with Gasteiger partial charge in [0.05, 0.1) is 5.41 Å². The van der Waals surface area contributed by atoms with Crippen LogP contribution in [0.2, 0.25) is 0 Å². The Labute approximate surface area is 106 Å². The topological polar surface area (TPSA) is 37.3 Å². The summed E-state index contributed by atoms with van der Waals surface area (Å²) in [5.41, 5.74) is 0.0280. The minimum atomic E-state index is -0.848. The number of rotatable bonds is 2. The summed E-state index contributed by atoms with van der Waals surface area (Å²) in [6.07, 6.45) is 0. The zero-order valence-corrected chi connectivity index (χ0v) is 11.4. The Hall–Kier alpha value is -0.870. The number of carboxylic acids is 1. The van der Waals surface area contributed by atoms with Gasteiger partial charge in [-0.1, -0.05) is 12.1 Å². The van der Waals surface area contributed by atoms with E-state index in [0.717, 1.165) is 20.1 Å². The summed E-state index contributed by atoms with van der Waals surface area (Å²) in [6, 6.07) is 5.87. The normalized spacial score (nSPS) is 11.9. The SMILES string of the molecule is CC(C)(C(=O)O)c1csc2c(Br)cccc12. The van der Waals surface area contributed by atoms with Gasteiger partial charge in [0.25, 0.3) is 0 Å². The molecule has 0 aliphatic carbocycles. The van der Waals surface area contributed by atoms with Crippen molar-refractivity contribution in [1.29, 1.82) is 0 Å². The highest BCUT2D eigenvalue weighted by molar-refractivity contribution is 9.10. The molecule has 0 radical (unpaired) electrons. The lowest BCUT2D eigenvalue weighted by Gasteiger charge is -2.18. The van der Waals surface area contributed by atoms with Gasteiger partial charge in [-0.05, 0) is 52.2 Å². The predicted molar refractivity (Wildman–Crippen MR) is 70.2 cm³/mol. The molecule has 2 aromatic rings. The van der Waals surface area contributed by atoms with E-state index in [1.807, 2.05) is 23.6 Å². The molecule has 0 amide bonds. The summed E-state index contributed by atoms with van der Waals surface area (Å²) in [5, 5.41) is 12.2. The minimum Gasteiger partial charge on any atom is -0.481 e. The van der Waals surface area contributed by atoms with Crippen LogP contribution in [0, 0.1) is 0 Å². The van der Waals surface area contributed by atoms with E-state index in [-0.39, 0.29) is 0 Å². The van der Waals surface area contributed by atoms with Crippen molar-refractivity contribution in [2.45, 2.75) is 19.3 Å². The highest BCUT2D eigenvalue weighted by atomic mass is 79.9. The molecule has 2 rings (SSSR count). The number of carboxylic acid groups (broad SMARTS) is 1. The molecule has 0 aliphatic rings. The Kier molecular flexibility index (Phi) is 2.80. The molecule has 0 atom stereocenters. The quantitative estimate of drug-likeness (QED) is 0.909. The Balaban J connectivity index is 2.72. The Morgan fingerprint density at radius 1 is 1.44 bits per heavy atom. The summed E-state index contributed by atoms with van der Waals surface area (Å²) in [6.45, 7) is 3.47. The van der Waals surface area contributed by atoms with Gasteiger partial charge in [-0.2, -0.15) is 0 Å². The first-order valence-electron chi connectivity index (χ1n) is 4.84. The molecule has 0 bridgehead atoms. The maximum Gasteiger partial charge on any atom is 0.313 e. The van der Waals surface area contributed by atoms with Crippen LogP contribution in [-0.2, 0) is 10.2 Å². The van der Waals surface area contributed by atoms with Gasteiger partial charge < -0.3 is 5.11 Å². The zero-order chi connectivity index (χ0) is 11.9. The Morgan fingerprint density at radius 2 is 2.12 bits per heavy atom. The van der Waals surface area contributed by atoms with Crippen molar-refractivity contribution < 1.29 is 9.90 Å². The maximum absolute atomic E-state index is 11.2. The molecule has 1 heterocycles. The summed E-state index contributed by atoms with van der Waals surface area (Å²) < 4.78 is 2.12. The van der Waals surface area contributed by atoms with Gasteiger partial charge in [0.1, 0.15) is 0 Å². The fourth-order valence-electron chi connectivity index (χ4n) is 1.62. The number of hydrogen-bond donors (Lipinski definition) is 1. The van der Waals surface area contributed by atoms with Crippen LogP contribution >= 0.6 is 27.3 Å². The second-order valence-corrected chi connectivity index (χ2v) is 5.93. The van der Waals surface area contributed by atoms with Crippen LogP contribution in [0.5, 0.6) is 0 Å². The highest BCUT2D eigenvalue weighted by Gasteiger charge is 2.32. The molecule has 0 unspecified atom stereocenters. The third-order valence-corrected chi connectivity index (χ3v) is 4.71. The van der Waals surface area contributed by atoms with E-state index in [0.29, 0.717) is 0 Å². The van der Waals surface area contributed by atoms with Crippen LogP contribution in [0.25, 0.3) is 10.1 Å². The van der Waals surface area contributed by atoms with Crippen LogP contribution in [0.3, 0.4) is 0 Å². The number of thiophene rings is 1. The molecule has 84 valence electrons. The molecular formula is C12H11BrO2S. The summed E-state index contributed by atoms with van der Waals surface area (Å²) in [4.78, 5) is 11.2. The number of hydrogen-bond acceptors (Lipinski definition) is 2. The molecule has 16 heavy (non-hydrogen) atoms. The molecule has 1 aromatic carbocycles. The minimum absolute atomic E-state index is 0.799. The molecule has 1 aromatic heterocycles. The lowest BCUT2D eigenvalue weighted by Crippen LogP contribution is -2.28. The van der Waals surface area contributed by atoms with E-state index in [1.54, 1.807) is 25.2 Å². The molecule has 0 spiro atoms. The van der Waals surface area contributed by atoms with Crippen LogP contribution in [0.1, 0.15) is 19.4 Å². The molecule has 0 fully saturated rings. The summed E-state index contributed by atoms with van der Waals surface area (Å²) >= 11 is 5.05. The van der Waals surface area contributed by atoms with Crippen LogP contribution in [0.4, 0.5) is 0 Å². The molecule has 0 saturated heterocycles. The number of fused-ring (bicyclic) bond motifs is 1. The zero-order valence-electron chi connectivity index (χ0n) is 8.95. The fraction of sp³-hybridized carbons (Fsp3) is 0.250. The number of benzene rings is 1. The van der Waals surface area contributed by atoms with Gasteiger partial charge in [-0.15, -0.1) is 11.3 Å². The van der Waals surface area contributed by atoms with Crippen molar-refractivity contribution in [1.82, 2.24) is 0 Å². The molecular weight excluding hydrogens is 288 g/mol. The average molecular weight is 299 g/mol. The number of carbonyl (C=O) groups is 1. The van der Waals surface area contributed by atoms with Gasteiger partial charge in [0.15, 0.2) is 0 Å². The largest absolute Gasteiger partial charge is 0.481 e. The van der Waals surface area contributed by atoms with Crippen molar-refractivity contribution in [3.05, 3.63) is 33.6 Å². The molecule has 0 saturated carbocycles. The fourth-order valence-corrected chi connectivity index (χ4v) is 3.41. The average Bonchev–Trinajstić information content (AvgIpc) is 2.63. The van der Waals surface area contributed by atoms with Crippen molar-refractivity contribution in [3.63, 3.8) is 0 Å². The molecule has 2 nitrogen and oxygen atoms in total. The van der Waals surface area contributed by atoms with Gasteiger partial charge in [0.2, 0.25) is 0 Å². The van der Waals surface area contributed by atoms with Crippen molar-refractivity contribution in [2.24, 2.45) is 0 Å².